The molecule has 1 atom stereocenters. The Labute approximate surface area is 118 Å². The van der Waals surface area contributed by atoms with Gasteiger partial charge in [0.15, 0.2) is 11.5 Å². The van der Waals surface area contributed by atoms with Gasteiger partial charge in [0.25, 0.3) is 0 Å². The van der Waals surface area contributed by atoms with Crippen molar-refractivity contribution in [3.05, 3.63) is 18.1 Å². The first kappa shape index (κ1) is 16.1. The number of rotatable bonds is 5. The van der Waals surface area contributed by atoms with Gasteiger partial charge in [-0.25, -0.2) is 14.8 Å². The molecule has 6 heteroatoms. The number of carboxylic acid groups (broad SMARTS) is 1. The molecule has 0 bridgehead atoms. The standard InChI is InChI=1S/C14H21N3O3/c1-9(8-14(2,3)4)7-10(18)17-12-11(13(19)20)15-5-6-16-12/h5-6,9H,7-8H2,1-4H3,(H,19,20)(H,16,17,18). The number of nitrogens with one attached hydrogen (secondary N) is 1. The molecular formula is C14H21N3O3. The molecule has 0 aliphatic rings. The first-order valence-corrected chi connectivity index (χ1v) is 6.53. The number of carbonyl (C=O) groups excluding carboxylic acids is 1. The number of aromatic carboxylic acids is 1. The average molecular weight is 279 g/mol. The molecule has 0 spiro atoms. The Morgan fingerprint density at radius 3 is 2.45 bits per heavy atom. The van der Waals surface area contributed by atoms with Gasteiger partial charge in [0.05, 0.1) is 0 Å². The van der Waals surface area contributed by atoms with E-state index in [0.29, 0.717) is 6.42 Å². The molecule has 20 heavy (non-hydrogen) atoms. The van der Waals surface area contributed by atoms with Gasteiger partial charge in [-0.05, 0) is 17.8 Å². The summed E-state index contributed by atoms with van der Waals surface area (Å²) < 4.78 is 0. The van der Waals surface area contributed by atoms with Crippen LogP contribution in [-0.2, 0) is 4.79 Å². The molecule has 2 N–H and O–H groups in total. The molecule has 0 saturated carbocycles. The summed E-state index contributed by atoms with van der Waals surface area (Å²) in [4.78, 5) is 30.4. The zero-order valence-corrected chi connectivity index (χ0v) is 12.3. The van der Waals surface area contributed by atoms with E-state index in [2.05, 4.69) is 36.1 Å². The quantitative estimate of drug-likeness (QED) is 0.864. The van der Waals surface area contributed by atoms with Crippen molar-refractivity contribution in [1.29, 1.82) is 0 Å². The Hall–Kier alpha value is -1.98. The zero-order valence-electron chi connectivity index (χ0n) is 12.3. The molecule has 0 fully saturated rings. The Bertz CT molecular complexity index is 495. The summed E-state index contributed by atoms with van der Waals surface area (Å²) in [6, 6.07) is 0. The van der Waals surface area contributed by atoms with Crippen LogP contribution in [0.25, 0.3) is 0 Å². The summed E-state index contributed by atoms with van der Waals surface area (Å²) in [6.07, 6.45) is 3.86. The lowest BCUT2D eigenvalue weighted by Crippen LogP contribution is -2.21. The smallest absolute Gasteiger partial charge is 0.358 e. The maximum Gasteiger partial charge on any atom is 0.358 e. The number of anilines is 1. The van der Waals surface area contributed by atoms with Crippen LogP contribution in [0.15, 0.2) is 12.4 Å². The first-order valence-electron chi connectivity index (χ1n) is 6.53. The molecule has 0 aromatic carbocycles. The van der Waals surface area contributed by atoms with Crippen LogP contribution in [-0.4, -0.2) is 27.0 Å². The fourth-order valence-corrected chi connectivity index (χ4v) is 2.20. The van der Waals surface area contributed by atoms with E-state index >= 15 is 0 Å². The van der Waals surface area contributed by atoms with Gasteiger partial charge in [-0.15, -0.1) is 0 Å². The van der Waals surface area contributed by atoms with Gasteiger partial charge in [0.2, 0.25) is 5.91 Å². The van der Waals surface area contributed by atoms with Crippen molar-refractivity contribution in [1.82, 2.24) is 9.97 Å². The number of nitrogens with zero attached hydrogens (tertiary/aromatic N) is 2. The summed E-state index contributed by atoms with van der Waals surface area (Å²) >= 11 is 0. The minimum atomic E-state index is -1.21. The summed E-state index contributed by atoms with van der Waals surface area (Å²) in [5.74, 6) is -1.26. The largest absolute Gasteiger partial charge is 0.476 e. The minimum Gasteiger partial charge on any atom is -0.476 e. The van der Waals surface area contributed by atoms with Gasteiger partial charge in [-0.1, -0.05) is 27.7 Å². The SMILES string of the molecule is CC(CC(=O)Nc1nccnc1C(=O)O)CC(C)(C)C. The molecule has 0 aliphatic carbocycles. The van der Waals surface area contributed by atoms with Crippen LogP contribution >= 0.6 is 0 Å². The van der Waals surface area contributed by atoms with E-state index in [1.54, 1.807) is 0 Å². The third-order valence-electron chi connectivity index (χ3n) is 2.65. The maximum atomic E-state index is 11.9. The topological polar surface area (TPSA) is 92.2 Å². The van der Waals surface area contributed by atoms with E-state index < -0.39 is 5.97 Å². The number of hydrogen-bond acceptors (Lipinski definition) is 4. The van der Waals surface area contributed by atoms with E-state index in [1.807, 2.05) is 6.92 Å². The van der Waals surface area contributed by atoms with E-state index in [0.717, 1.165) is 6.42 Å². The van der Waals surface area contributed by atoms with Crippen molar-refractivity contribution >= 4 is 17.7 Å². The van der Waals surface area contributed by atoms with E-state index in [1.165, 1.54) is 12.4 Å². The molecule has 1 amide bonds. The van der Waals surface area contributed by atoms with Crippen LogP contribution < -0.4 is 5.32 Å². The van der Waals surface area contributed by atoms with E-state index in [4.69, 9.17) is 5.11 Å². The molecule has 1 heterocycles. The van der Waals surface area contributed by atoms with Crippen molar-refractivity contribution in [2.75, 3.05) is 5.32 Å². The second kappa shape index (κ2) is 6.45. The zero-order chi connectivity index (χ0) is 15.3. The minimum absolute atomic E-state index is 0.00652. The lowest BCUT2D eigenvalue weighted by atomic mass is 9.84. The highest BCUT2D eigenvalue weighted by Gasteiger charge is 2.20. The molecule has 1 unspecified atom stereocenters. The summed E-state index contributed by atoms with van der Waals surface area (Å²) in [5.41, 5.74) is -0.0947. The van der Waals surface area contributed by atoms with E-state index in [-0.39, 0.29) is 28.8 Å². The van der Waals surface area contributed by atoms with Gasteiger partial charge >= 0.3 is 5.97 Å². The fraction of sp³-hybridized carbons (Fsp3) is 0.571. The Morgan fingerprint density at radius 2 is 1.90 bits per heavy atom. The van der Waals surface area contributed by atoms with E-state index in [9.17, 15) is 9.59 Å². The first-order chi connectivity index (χ1) is 9.19. The van der Waals surface area contributed by atoms with Crippen LogP contribution in [0.3, 0.4) is 0 Å². The van der Waals surface area contributed by atoms with Crippen molar-refractivity contribution in [3.63, 3.8) is 0 Å². The highest BCUT2D eigenvalue weighted by molar-refractivity contribution is 5.97. The summed E-state index contributed by atoms with van der Waals surface area (Å²) in [5, 5.41) is 11.5. The van der Waals surface area contributed by atoms with Crippen LogP contribution in [0.2, 0.25) is 0 Å². The molecule has 1 aromatic heterocycles. The molecule has 6 nitrogen and oxygen atoms in total. The number of hydrogen-bond donors (Lipinski definition) is 2. The van der Waals surface area contributed by atoms with Gasteiger partial charge in [0.1, 0.15) is 0 Å². The Morgan fingerprint density at radius 1 is 1.30 bits per heavy atom. The second-order valence-corrected chi connectivity index (χ2v) is 6.18. The second-order valence-electron chi connectivity index (χ2n) is 6.18. The normalized spacial score (nSPS) is 12.8. The van der Waals surface area contributed by atoms with Gasteiger partial charge in [-0.2, -0.15) is 0 Å². The van der Waals surface area contributed by atoms with Crippen molar-refractivity contribution < 1.29 is 14.7 Å². The van der Waals surface area contributed by atoms with Gasteiger partial charge < -0.3 is 10.4 Å². The number of amides is 1. The Kier molecular flexibility index (Phi) is 5.19. The number of carbonyl (C=O) groups is 2. The maximum absolute atomic E-state index is 11.9. The molecule has 1 aromatic rings. The number of carboxylic acids is 1. The number of aromatic nitrogens is 2. The van der Waals surface area contributed by atoms with Crippen LogP contribution in [0, 0.1) is 11.3 Å². The highest BCUT2D eigenvalue weighted by atomic mass is 16.4. The predicted molar refractivity (Wildman–Crippen MR) is 75.5 cm³/mol. The van der Waals surface area contributed by atoms with Crippen LogP contribution in [0.4, 0.5) is 5.82 Å². The van der Waals surface area contributed by atoms with Crippen molar-refractivity contribution in [3.8, 4) is 0 Å². The monoisotopic (exact) mass is 279 g/mol. The fourth-order valence-electron chi connectivity index (χ4n) is 2.20. The average Bonchev–Trinajstić information content (AvgIpc) is 2.26. The summed E-state index contributed by atoms with van der Waals surface area (Å²) in [6.45, 7) is 8.35. The lowest BCUT2D eigenvalue weighted by molar-refractivity contribution is -0.117. The molecule has 0 saturated heterocycles. The molecule has 0 radical (unpaired) electrons. The Balaban J connectivity index is 2.66. The third-order valence-corrected chi connectivity index (χ3v) is 2.65. The predicted octanol–water partition coefficient (Wildman–Crippen LogP) is 2.58. The van der Waals surface area contributed by atoms with Crippen molar-refractivity contribution in [2.24, 2.45) is 11.3 Å². The highest BCUT2D eigenvalue weighted by Crippen LogP contribution is 2.26. The van der Waals surface area contributed by atoms with Crippen molar-refractivity contribution in [2.45, 2.75) is 40.5 Å². The summed E-state index contributed by atoms with van der Waals surface area (Å²) in [7, 11) is 0. The third kappa shape index (κ3) is 5.34. The van der Waals surface area contributed by atoms with Crippen LogP contribution in [0.1, 0.15) is 51.0 Å². The van der Waals surface area contributed by atoms with Crippen LogP contribution in [0.5, 0.6) is 0 Å². The molecular weight excluding hydrogens is 258 g/mol. The molecule has 1 rings (SSSR count). The van der Waals surface area contributed by atoms with Gasteiger partial charge in [-0.3, -0.25) is 4.79 Å². The lowest BCUT2D eigenvalue weighted by Gasteiger charge is -2.22. The molecule has 0 aliphatic heterocycles. The molecule has 110 valence electrons. The van der Waals surface area contributed by atoms with Gasteiger partial charge in [0, 0.05) is 18.8 Å².